The summed E-state index contributed by atoms with van der Waals surface area (Å²) in [7, 11) is 0. The zero-order valence-corrected chi connectivity index (χ0v) is 17.7. The summed E-state index contributed by atoms with van der Waals surface area (Å²) in [5.41, 5.74) is 4.51. The van der Waals surface area contributed by atoms with E-state index in [1.54, 1.807) is 19.1 Å². The van der Waals surface area contributed by atoms with Gasteiger partial charge in [-0.25, -0.2) is 4.85 Å². The van der Waals surface area contributed by atoms with Crippen molar-refractivity contribution >= 4 is 17.3 Å². The second-order valence-electron chi connectivity index (χ2n) is 8.36. The van der Waals surface area contributed by atoms with Crippen LogP contribution in [0.25, 0.3) is 16.0 Å². The average molecular weight is 412 g/mol. The van der Waals surface area contributed by atoms with Crippen LogP contribution in [0.4, 0.5) is 11.4 Å². The highest BCUT2D eigenvalue weighted by Crippen LogP contribution is 2.45. The third kappa shape index (κ3) is 3.57. The molecule has 6 heteroatoms. The lowest BCUT2D eigenvalue weighted by molar-refractivity contribution is -0.117. The topological polar surface area (TPSA) is 51.7 Å². The van der Waals surface area contributed by atoms with E-state index in [1.807, 2.05) is 40.0 Å². The first-order valence-electron chi connectivity index (χ1n) is 10.7. The molecule has 1 saturated carbocycles. The summed E-state index contributed by atoms with van der Waals surface area (Å²) in [6.07, 6.45) is 8.04. The van der Waals surface area contributed by atoms with Gasteiger partial charge in [0.15, 0.2) is 5.69 Å². The van der Waals surface area contributed by atoms with Gasteiger partial charge in [-0.2, -0.15) is 5.10 Å². The Morgan fingerprint density at radius 2 is 1.94 bits per heavy atom. The van der Waals surface area contributed by atoms with E-state index in [9.17, 15) is 4.79 Å². The van der Waals surface area contributed by atoms with Crippen LogP contribution in [0.1, 0.15) is 44.7 Å². The van der Waals surface area contributed by atoms with Gasteiger partial charge in [0.05, 0.1) is 24.5 Å². The molecule has 0 bridgehead atoms. The van der Waals surface area contributed by atoms with Crippen molar-refractivity contribution in [2.75, 3.05) is 4.90 Å². The van der Waals surface area contributed by atoms with Crippen molar-refractivity contribution in [3.05, 3.63) is 65.8 Å². The van der Waals surface area contributed by atoms with Crippen LogP contribution in [-0.2, 0) is 11.2 Å². The standard InChI is InChI=1S/C25H24N4O2/c1-16-4-11-23-24(29(16)17(2)30)13-12-22(18-14-27-28(15-18)20-7-8-20)25(23)31-21-9-5-19(26-3)6-10-21/h5-6,9-10,12-16,20H,4,7-8,11H2,1-2H3/t16-/m0/s1. The number of ether oxygens (including phenoxy) is 1. The molecule has 1 fully saturated rings. The molecule has 6 nitrogen and oxygen atoms in total. The Hall–Kier alpha value is -3.59. The summed E-state index contributed by atoms with van der Waals surface area (Å²) in [4.78, 5) is 17.7. The lowest BCUT2D eigenvalue weighted by atomic mass is 9.92. The van der Waals surface area contributed by atoms with Crippen molar-refractivity contribution in [3.8, 4) is 22.6 Å². The van der Waals surface area contributed by atoms with E-state index in [0.717, 1.165) is 41.0 Å². The predicted molar refractivity (Wildman–Crippen MR) is 120 cm³/mol. The number of benzene rings is 2. The van der Waals surface area contributed by atoms with Gasteiger partial charge >= 0.3 is 0 Å². The molecule has 31 heavy (non-hydrogen) atoms. The van der Waals surface area contributed by atoms with Crippen LogP contribution in [0.2, 0.25) is 0 Å². The van der Waals surface area contributed by atoms with E-state index >= 15 is 0 Å². The Morgan fingerprint density at radius 3 is 2.61 bits per heavy atom. The molecule has 2 aliphatic rings. The Balaban J connectivity index is 1.63. The predicted octanol–water partition coefficient (Wildman–Crippen LogP) is 5.92. The molecular formula is C25H24N4O2. The maximum atomic E-state index is 12.4. The molecule has 0 spiro atoms. The van der Waals surface area contributed by atoms with E-state index in [1.165, 1.54) is 12.8 Å². The van der Waals surface area contributed by atoms with E-state index in [2.05, 4.69) is 23.1 Å². The summed E-state index contributed by atoms with van der Waals surface area (Å²) in [5.74, 6) is 1.47. The normalized spacial score (nSPS) is 17.7. The molecule has 1 amide bonds. The van der Waals surface area contributed by atoms with Crippen LogP contribution in [-0.4, -0.2) is 21.7 Å². The van der Waals surface area contributed by atoms with Gasteiger partial charge in [0.25, 0.3) is 0 Å². The fourth-order valence-electron chi connectivity index (χ4n) is 4.35. The lowest BCUT2D eigenvalue weighted by Crippen LogP contribution is -2.40. The van der Waals surface area contributed by atoms with E-state index in [4.69, 9.17) is 11.3 Å². The van der Waals surface area contributed by atoms with Crippen molar-refractivity contribution in [1.82, 2.24) is 9.78 Å². The zero-order valence-electron chi connectivity index (χ0n) is 17.7. The number of amides is 1. The highest BCUT2D eigenvalue weighted by molar-refractivity contribution is 5.95. The van der Waals surface area contributed by atoms with Gasteiger partial charge in [-0.05, 0) is 56.9 Å². The van der Waals surface area contributed by atoms with Crippen LogP contribution in [0.3, 0.4) is 0 Å². The van der Waals surface area contributed by atoms with Crippen LogP contribution in [0.5, 0.6) is 11.5 Å². The van der Waals surface area contributed by atoms with Crippen molar-refractivity contribution < 1.29 is 9.53 Å². The van der Waals surface area contributed by atoms with Crippen molar-refractivity contribution in [1.29, 1.82) is 0 Å². The molecule has 156 valence electrons. The van der Waals surface area contributed by atoms with Crippen LogP contribution in [0, 0.1) is 6.57 Å². The molecule has 3 aromatic rings. The SMILES string of the molecule is [C-]#[N+]c1ccc(Oc2c(-c3cnn(C4CC4)c3)ccc3c2CC[C@H](C)N3C(C)=O)cc1. The molecule has 1 aromatic heterocycles. The quantitative estimate of drug-likeness (QED) is 0.500. The zero-order chi connectivity index (χ0) is 21.5. The van der Waals surface area contributed by atoms with Crippen molar-refractivity contribution in [3.63, 3.8) is 0 Å². The third-order valence-corrected chi connectivity index (χ3v) is 6.11. The number of carbonyl (C=O) groups is 1. The highest BCUT2D eigenvalue weighted by Gasteiger charge is 2.31. The summed E-state index contributed by atoms with van der Waals surface area (Å²) in [6, 6.07) is 11.9. The van der Waals surface area contributed by atoms with Crippen molar-refractivity contribution in [2.24, 2.45) is 0 Å². The lowest BCUT2D eigenvalue weighted by Gasteiger charge is -2.36. The van der Waals surface area contributed by atoms with Crippen LogP contribution >= 0.6 is 0 Å². The molecule has 5 rings (SSSR count). The van der Waals surface area contributed by atoms with Gasteiger partial charge in [0.2, 0.25) is 5.91 Å². The van der Waals surface area contributed by atoms with Gasteiger partial charge in [0.1, 0.15) is 11.5 Å². The number of fused-ring (bicyclic) bond motifs is 1. The molecule has 0 N–H and O–H groups in total. The Bertz CT molecular complexity index is 1190. The molecule has 1 atom stereocenters. The van der Waals surface area contributed by atoms with Crippen LogP contribution in [0.15, 0.2) is 48.8 Å². The highest BCUT2D eigenvalue weighted by atomic mass is 16.5. The van der Waals surface area contributed by atoms with Gasteiger partial charge in [-0.15, -0.1) is 0 Å². The monoisotopic (exact) mass is 412 g/mol. The molecule has 2 heterocycles. The number of hydrogen-bond donors (Lipinski definition) is 0. The van der Waals surface area contributed by atoms with Crippen molar-refractivity contribution in [2.45, 2.75) is 51.6 Å². The molecule has 0 unspecified atom stereocenters. The number of anilines is 1. The van der Waals surface area contributed by atoms with Gasteiger partial charge in [-0.1, -0.05) is 12.1 Å². The average Bonchev–Trinajstić information content (AvgIpc) is 3.51. The van der Waals surface area contributed by atoms with Crippen LogP contribution < -0.4 is 9.64 Å². The fraction of sp³-hybridized carbons (Fsp3) is 0.320. The summed E-state index contributed by atoms with van der Waals surface area (Å²) in [5, 5.41) is 4.56. The minimum Gasteiger partial charge on any atom is -0.456 e. The van der Waals surface area contributed by atoms with E-state index in [0.29, 0.717) is 17.5 Å². The number of aromatic nitrogens is 2. The maximum absolute atomic E-state index is 12.4. The molecule has 2 aromatic carbocycles. The van der Waals surface area contributed by atoms with E-state index < -0.39 is 0 Å². The first-order chi connectivity index (χ1) is 15.0. The number of carbonyl (C=O) groups excluding carboxylic acids is 1. The largest absolute Gasteiger partial charge is 0.456 e. The Labute approximate surface area is 181 Å². The summed E-state index contributed by atoms with van der Waals surface area (Å²) in [6.45, 7) is 10.9. The number of nitrogens with zero attached hydrogens (tertiary/aromatic N) is 4. The first kappa shape index (κ1) is 19.4. The summed E-state index contributed by atoms with van der Waals surface area (Å²) >= 11 is 0. The minimum atomic E-state index is 0.0371. The van der Waals surface area contributed by atoms with Gasteiger partial charge in [-0.3, -0.25) is 9.48 Å². The number of hydrogen-bond acceptors (Lipinski definition) is 3. The molecular weight excluding hydrogens is 388 g/mol. The Morgan fingerprint density at radius 1 is 1.16 bits per heavy atom. The second kappa shape index (κ2) is 7.59. The maximum Gasteiger partial charge on any atom is 0.224 e. The van der Waals surface area contributed by atoms with Gasteiger partial charge < -0.3 is 9.64 Å². The molecule has 0 saturated heterocycles. The van der Waals surface area contributed by atoms with E-state index in [-0.39, 0.29) is 11.9 Å². The smallest absolute Gasteiger partial charge is 0.224 e. The summed E-state index contributed by atoms with van der Waals surface area (Å²) < 4.78 is 8.47. The minimum absolute atomic E-state index is 0.0371. The first-order valence-corrected chi connectivity index (χ1v) is 10.7. The molecule has 1 aliphatic carbocycles. The number of rotatable bonds is 4. The second-order valence-corrected chi connectivity index (χ2v) is 8.36. The molecule has 0 radical (unpaired) electrons. The fourth-order valence-corrected chi connectivity index (χ4v) is 4.35. The molecule has 1 aliphatic heterocycles. The van der Waals surface area contributed by atoms with Gasteiger partial charge in [0, 0.05) is 35.9 Å². The third-order valence-electron chi connectivity index (χ3n) is 6.11. The Kier molecular flexibility index (Phi) is 4.74.